The van der Waals surface area contributed by atoms with E-state index >= 15 is 0 Å². The van der Waals surface area contributed by atoms with Gasteiger partial charge in [0.05, 0.1) is 4.90 Å². The highest BCUT2D eigenvalue weighted by molar-refractivity contribution is 7.89. The summed E-state index contributed by atoms with van der Waals surface area (Å²) in [6, 6.07) is 6.91. The van der Waals surface area contributed by atoms with Gasteiger partial charge in [0.25, 0.3) is 0 Å². The lowest BCUT2D eigenvalue weighted by Gasteiger charge is -2.26. The van der Waals surface area contributed by atoms with Gasteiger partial charge in [0.2, 0.25) is 10.0 Å². The topological polar surface area (TPSA) is 52.7 Å². The fourth-order valence-corrected chi connectivity index (χ4v) is 4.90. The minimum absolute atomic E-state index is 0.358. The zero-order valence-electron chi connectivity index (χ0n) is 13.2. The van der Waals surface area contributed by atoms with Crippen molar-refractivity contribution in [1.82, 2.24) is 9.21 Å². The molecule has 2 heterocycles. The molecule has 1 aromatic rings. The summed E-state index contributed by atoms with van der Waals surface area (Å²) in [6.07, 6.45) is 5.36. The van der Waals surface area contributed by atoms with Crippen molar-refractivity contribution in [3.8, 4) is 0 Å². The van der Waals surface area contributed by atoms with Crippen molar-refractivity contribution in [1.29, 1.82) is 0 Å². The van der Waals surface area contributed by atoms with Crippen LogP contribution in [-0.4, -0.2) is 48.9 Å². The number of benzene rings is 1. The third kappa shape index (κ3) is 3.84. The molecule has 2 saturated heterocycles. The maximum Gasteiger partial charge on any atom is 0.243 e. The first kappa shape index (κ1) is 16.7. The maximum absolute atomic E-state index is 12.6. The molecule has 3 rings (SSSR count). The Hall–Kier alpha value is -1.18. The predicted molar refractivity (Wildman–Crippen MR) is 96.1 cm³/mol. The Morgan fingerprint density at radius 2 is 1.48 bits per heavy atom. The molecule has 7 heteroatoms. The average molecular weight is 354 g/mol. The first-order valence-electron chi connectivity index (χ1n) is 8.23. The highest BCUT2D eigenvalue weighted by atomic mass is 32.2. The van der Waals surface area contributed by atoms with Crippen LogP contribution in [-0.2, 0) is 10.0 Å². The van der Waals surface area contributed by atoms with Crippen molar-refractivity contribution in [3.05, 3.63) is 24.3 Å². The Labute approximate surface area is 143 Å². The van der Waals surface area contributed by atoms with Crippen LogP contribution in [0.4, 0.5) is 5.69 Å². The van der Waals surface area contributed by atoms with Gasteiger partial charge in [-0.05, 0) is 62.2 Å². The number of nitrogens with zero attached hydrogens (tertiary/aromatic N) is 2. The van der Waals surface area contributed by atoms with E-state index in [1.54, 1.807) is 28.6 Å². The minimum Gasteiger partial charge on any atom is -0.349 e. The molecule has 126 valence electrons. The molecule has 23 heavy (non-hydrogen) atoms. The molecule has 0 bridgehead atoms. The summed E-state index contributed by atoms with van der Waals surface area (Å²) in [5.41, 5.74) is 0.833. The van der Waals surface area contributed by atoms with Gasteiger partial charge in [0.1, 0.15) is 0 Å². The van der Waals surface area contributed by atoms with Crippen molar-refractivity contribution >= 4 is 33.0 Å². The fraction of sp³-hybridized carbons (Fsp3) is 0.562. The summed E-state index contributed by atoms with van der Waals surface area (Å²) >= 11 is 5.39. The zero-order chi connectivity index (χ0) is 16.3. The molecule has 0 amide bonds. The summed E-state index contributed by atoms with van der Waals surface area (Å²) in [5, 5.41) is 3.91. The lowest BCUT2D eigenvalue weighted by molar-refractivity contribution is 0.346. The summed E-state index contributed by atoms with van der Waals surface area (Å²) < 4.78 is 26.8. The molecule has 1 aromatic carbocycles. The third-order valence-corrected chi connectivity index (χ3v) is 6.72. The molecule has 0 atom stereocenters. The number of rotatable bonds is 3. The van der Waals surface area contributed by atoms with Crippen molar-refractivity contribution in [2.45, 2.75) is 37.0 Å². The molecule has 1 N–H and O–H groups in total. The Kier molecular flexibility index (Phi) is 5.18. The van der Waals surface area contributed by atoms with Gasteiger partial charge in [-0.2, -0.15) is 4.31 Å². The second-order valence-electron chi connectivity index (χ2n) is 6.11. The second kappa shape index (κ2) is 7.15. The minimum atomic E-state index is -3.36. The van der Waals surface area contributed by atoms with Crippen molar-refractivity contribution in [3.63, 3.8) is 0 Å². The standard InChI is InChI=1S/C16H23N3O2S2/c20-23(21,19-12-2-1-3-13-19)15-8-6-14(7-9-15)17-16(22)18-10-4-5-11-18/h6-9H,1-5,10-13H2,(H,17,22). The van der Waals surface area contributed by atoms with Gasteiger partial charge in [0, 0.05) is 31.9 Å². The number of sulfonamides is 1. The number of thiocarbonyl (C=S) groups is 1. The van der Waals surface area contributed by atoms with Crippen LogP contribution in [0.1, 0.15) is 32.1 Å². The van der Waals surface area contributed by atoms with E-state index < -0.39 is 10.0 Å². The lowest BCUT2D eigenvalue weighted by Crippen LogP contribution is -2.35. The first-order chi connectivity index (χ1) is 11.1. The van der Waals surface area contributed by atoms with E-state index in [1.165, 1.54) is 12.8 Å². The lowest BCUT2D eigenvalue weighted by atomic mass is 10.2. The van der Waals surface area contributed by atoms with Crippen molar-refractivity contribution in [2.24, 2.45) is 0 Å². The molecule has 0 aromatic heterocycles. The Bertz CT molecular complexity index is 646. The van der Waals surface area contributed by atoms with E-state index in [4.69, 9.17) is 12.2 Å². The molecule has 2 fully saturated rings. The number of hydrogen-bond acceptors (Lipinski definition) is 3. The van der Waals surface area contributed by atoms with Crippen LogP contribution in [0.3, 0.4) is 0 Å². The van der Waals surface area contributed by atoms with Gasteiger partial charge in [-0.1, -0.05) is 6.42 Å². The maximum atomic E-state index is 12.6. The van der Waals surface area contributed by atoms with E-state index in [9.17, 15) is 8.42 Å². The van der Waals surface area contributed by atoms with Crippen LogP contribution in [0.5, 0.6) is 0 Å². The summed E-state index contributed by atoms with van der Waals surface area (Å²) in [6.45, 7) is 3.24. The molecular weight excluding hydrogens is 330 g/mol. The molecule has 2 aliphatic rings. The number of piperidine rings is 1. The number of likely N-dealkylation sites (tertiary alicyclic amines) is 1. The van der Waals surface area contributed by atoms with Crippen LogP contribution in [0.2, 0.25) is 0 Å². The summed E-state index contributed by atoms with van der Waals surface area (Å²) in [4.78, 5) is 2.50. The number of nitrogens with one attached hydrogen (secondary N) is 1. The normalized spacial score (nSPS) is 19.7. The van der Waals surface area contributed by atoms with Crippen LogP contribution in [0.25, 0.3) is 0 Å². The van der Waals surface area contributed by atoms with Gasteiger partial charge < -0.3 is 10.2 Å². The smallest absolute Gasteiger partial charge is 0.243 e. The highest BCUT2D eigenvalue weighted by Crippen LogP contribution is 2.22. The van der Waals surface area contributed by atoms with E-state index in [0.717, 1.165) is 38.0 Å². The molecular formula is C16H23N3O2S2. The van der Waals surface area contributed by atoms with Crippen molar-refractivity contribution < 1.29 is 8.42 Å². The van der Waals surface area contributed by atoms with Crippen LogP contribution in [0, 0.1) is 0 Å². The van der Waals surface area contributed by atoms with Crippen molar-refractivity contribution in [2.75, 3.05) is 31.5 Å². The third-order valence-electron chi connectivity index (χ3n) is 4.45. The molecule has 0 unspecified atom stereocenters. The SMILES string of the molecule is O=S(=O)(c1ccc(NC(=S)N2CCCC2)cc1)N1CCCCC1. The Morgan fingerprint density at radius 3 is 2.09 bits per heavy atom. The van der Waals surface area contributed by atoms with Gasteiger partial charge >= 0.3 is 0 Å². The second-order valence-corrected chi connectivity index (χ2v) is 8.44. The molecule has 2 aliphatic heterocycles. The van der Waals surface area contributed by atoms with E-state index in [0.29, 0.717) is 23.1 Å². The van der Waals surface area contributed by atoms with Gasteiger partial charge in [-0.15, -0.1) is 0 Å². The zero-order valence-corrected chi connectivity index (χ0v) is 14.8. The molecule has 5 nitrogen and oxygen atoms in total. The van der Waals surface area contributed by atoms with E-state index in [1.807, 2.05) is 0 Å². The quantitative estimate of drug-likeness (QED) is 0.847. The molecule has 0 radical (unpaired) electrons. The first-order valence-corrected chi connectivity index (χ1v) is 10.1. The van der Waals surface area contributed by atoms with Crippen LogP contribution < -0.4 is 5.32 Å². The summed E-state index contributed by atoms with van der Waals surface area (Å²) in [7, 11) is -3.36. The highest BCUT2D eigenvalue weighted by Gasteiger charge is 2.25. The molecule has 0 spiro atoms. The predicted octanol–water partition coefficient (Wildman–Crippen LogP) is 2.65. The molecule has 0 saturated carbocycles. The monoisotopic (exact) mass is 353 g/mol. The molecule has 0 aliphatic carbocycles. The van der Waals surface area contributed by atoms with Gasteiger partial charge in [-0.25, -0.2) is 8.42 Å². The Morgan fingerprint density at radius 1 is 0.913 bits per heavy atom. The van der Waals surface area contributed by atoms with Crippen LogP contribution in [0.15, 0.2) is 29.2 Å². The largest absolute Gasteiger partial charge is 0.349 e. The number of anilines is 1. The van der Waals surface area contributed by atoms with E-state index in [-0.39, 0.29) is 0 Å². The van der Waals surface area contributed by atoms with Crippen LogP contribution >= 0.6 is 12.2 Å². The average Bonchev–Trinajstić information content (AvgIpc) is 3.11. The van der Waals surface area contributed by atoms with Gasteiger partial charge in [-0.3, -0.25) is 0 Å². The number of hydrogen-bond donors (Lipinski definition) is 1. The fourth-order valence-electron chi connectivity index (χ4n) is 3.09. The van der Waals surface area contributed by atoms with E-state index in [2.05, 4.69) is 10.2 Å². The Balaban J connectivity index is 1.67. The summed E-state index contributed by atoms with van der Waals surface area (Å²) in [5.74, 6) is 0. The van der Waals surface area contributed by atoms with Gasteiger partial charge in [0.15, 0.2) is 5.11 Å².